The summed E-state index contributed by atoms with van der Waals surface area (Å²) in [5, 5.41) is 0. The minimum atomic E-state index is -0.446. The predicted molar refractivity (Wildman–Crippen MR) is 68.6 cm³/mol. The first-order chi connectivity index (χ1) is 8.09. The van der Waals surface area contributed by atoms with Crippen molar-refractivity contribution in [2.75, 3.05) is 13.1 Å². The summed E-state index contributed by atoms with van der Waals surface area (Å²) < 4.78 is 14.5. The number of piperidine rings is 1. The lowest BCUT2D eigenvalue weighted by atomic mass is 10.1. The number of amides is 1. The van der Waals surface area contributed by atoms with Gasteiger partial charge >= 0.3 is 0 Å². The largest absolute Gasteiger partial charge is 0.339 e. The van der Waals surface area contributed by atoms with E-state index in [-0.39, 0.29) is 11.5 Å². The van der Waals surface area contributed by atoms with Crippen LogP contribution in [-0.2, 0) is 0 Å². The minimum absolute atomic E-state index is 0.183. The predicted octanol–water partition coefficient (Wildman–Crippen LogP) is 3.52. The van der Waals surface area contributed by atoms with Gasteiger partial charge in [-0.15, -0.1) is 0 Å². The van der Waals surface area contributed by atoms with Gasteiger partial charge in [-0.25, -0.2) is 4.39 Å². The monoisotopic (exact) mass is 299 g/mol. The first kappa shape index (κ1) is 12.6. The first-order valence-corrected chi connectivity index (χ1v) is 6.64. The van der Waals surface area contributed by atoms with Gasteiger partial charge in [0.15, 0.2) is 0 Å². The SMILES string of the molecule is Cc1cc(C(=O)N2CCCCC2)c(F)cc1Br. The average molecular weight is 300 g/mol. The Hall–Kier alpha value is -0.900. The second kappa shape index (κ2) is 5.17. The van der Waals surface area contributed by atoms with E-state index in [1.807, 2.05) is 6.92 Å². The van der Waals surface area contributed by atoms with E-state index < -0.39 is 5.82 Å². The standard InChI is InChI=1S/C13H15BrFNO/c1-9-7-10(12(15)8-11(9)14)13(17)16-5-3-2-4-6-16/h7-8H,2-6H2,1H3. The molecule has 17 heavy (non-hydrogen) atoms. The molecule has 1 saturated heterocycles. The molecule has 0 radical (unpaired) electrons. The number of benzene rings is 1. The summed E-state index contributed by atoms with van der Waals surface area (Å²) in [6.07, 6.45) is 3.19. The molecular weight excluding hydrogens is 285 g/mol. The van der Waals surface area contributed by atoms with Crippen molar-refractivity contribution in [3.05, 3.63) is 33.5 Å². The number of halogens is 2. The highest BCUT2D eigenvalue weighted by molar-refractivity contribution is 9.10. The van der Waals surface area contributed by atoms with Gasteiger partial charge in [0, 0.05) is 17.6 Å². The fraction of sp³-hybridized carbons (Fsp3) is 0.462. The van der Waals surface area contributed by atoms with E-state index >= 15 is 0 Å². The Balaban J connectivity index is 2.26. The molecule has 1 aliphatic heterocycles. The van der Waals surface area contributed by atoms with E-state index in [0.29, 0.717) is 4.47 Å². The van der Waals surface area contributed by atoms with Crippen LogP contribution in [0.25, 0.3) is 0 Å². The number of carbonyl (C=O) groups is 1. The number of rotatable bonds is 1. The highest BCUT2D eigenvalue weighted by Crippen LogP contribution is 2.22. The van der Waals surface area contributed by atoms with E-state index in [2.05, 4.69) is 15.9 Å². The van der Waals surface area contributed by atoms with Crippen molar-refractivity contribution in [3.8, 4) is 0 Å². The molecule has 1 amide bonds. The lowest BCUT2D eigenvalue weighted by Crippen LogP contribution is -2.36. The summed E-state index contributed by atoms with van der Waals surface area (Å²) >= 11 is 3.26. The second-order valence-corrected chi connectivity index (χ2v) is 5.29. The molecule has 1 aromatic carbocycles. The van der Waals surface area contributed by atoms with Crippen LogP contribution in [0.5, 0.6) is 0 Å². The van der Waals surface area contributed by atoms with Crippen molar-refractivity contribution in [1.82, 2.24) is 4.90 Å². The molecule has 0 unspecified atom stereocenters. The molecule has 0 saturated carbocycles. The number of carbonyl (C=O) groups excluding carboxylic acids is 1. The lowest BCUT2D eigenvalue weighted by Gasteiger charge is -2.27. The van der Waals surface area contributed by atoms with Gasteiger partial charge in [0.05, 0.1) is 5.56 Å². The maximum absolute atomic E-state index is 13.8. The molecule has 4 heteroatoms. The van der Waals surface area contributed by atoms with Crippen molar-refractivity contribution < 1.29 is 9.18 Å². The van der Waals surface area contributed by atoms with Gasteiger partial charge in [0.1, 0.15) is 5.82 Å². The molecule has 0 spiro atoms. The fourth-order valence-electron chi connectivity index (χ4n) is 2.09. The van der Waals surface area contributed by atoms with Gasteiger partial charge in [-0.1, -0.05) is 15.9 Å². The van der Waals surface area contributed by atoms with Gasteiger partial charge in [0.2, 0.25) is 0 Å². The van der Waals surface area contributed by atoms with Gasteiger partial charge in [-0.05, 0) is 43.9 Å². The first-order valence-electron chi connectivity index (χ1n) is 5.84. The zero-order chi connectivity index (χ0) is 12.4. The Labute approximate surface area is 109 Å². The third kappa shape index (κ3) is 2.68. The number of nitrogens with zero attached hydrogens (tertiary/aromatic N) is 1. The van der Waals surface area contributed by atoms with Crippen LogP contribution in [0.4, 0.5) is 4.39 Å². The van der Waals surface area contributed by atoms with Crippen molar-refractivity contribution in [2.24, 2.45) is 0 Å². The van der Waals surface area contributed by atoms with Crippen LogP contribution < -0.4 is 0 Å². The number of aryl methyl sites for hydroxylation is 1. The smallest absolute Gasteiger partial charge is 0.256 e. The summed E-state index contributed by atoms with van der Waals surface area (Å²) in [4.78, 5) is 13.9. The van der Waals surface area contributed by atoms with Crippen LogP contribution in [-0.4, -0.2) is 23.9 Å². The van der Waals surface area contributed by atoms with Crippen LogP contribution in [0.2, 0.25) is 0 Å². The summed E-state index contributed by atoms with van der Waals surface area (Å²) in [6, 6.07) is 2.99. The van der Waals surface area contributed by atoms with Gasteiger partial charge in [0.25, 0.3) is 5.91 Å². The maximum atomic E-state index is 13.8. The van der Waals surface area contributed by atoms with E-state index in [0.717, 1.165) is 37.9 Å². The van der Waals surface area contributed by atoms with Crippen molar-refractivity contribution in [1.29, 1.82) is 0 Å². The Morgan fingerprint density at radius 3 is 2.59 bits per heavy atom. The molecule has 0 N–H and O–H groups in total. The van der Waals surface area contributed by atoms with E-state index in [9.17, 15) is 9.18 Å². The Kier molecular flexibility index (Phi) is 3.82. The number of hydrogen-bond donors (Lipinski definition) is 0. The highest BCUT2D eigenvalue weighted by atomic mass is 79.9. The van der Waals surface area contributed by atoms with Crippen molar-refractivity contribution in [2.45, 2.75) is 26.2 Å². The van der Waals surface area contributed by atoms with E-state index in [4.69, 9.17) is 0 Å². The zero-order valence-electron chi connectivity index (χ0n) is 9.80. The fourth-order valence-corrected chi connectivity index (χ4v) is 2.40. The van der Waals surface area contributed by atoms with E-state index in [1.54, 1.807) is 11.0 Å². The van der Waals surface area contributed by atoms with Gasteiger partial charge in [-0.3, -0.25) is 4.79 Å². The van der Waals surface area contributed by atoms with Crippen molar-refractivity contribution in [3.63, 3.8) is 0 Å². The lowest BCUT2D eigenvalue weighted by molar-refractivity contribution is 0.0719. The third-order valence-corrected chi connectivity index (χ3v) is 3.98. The Morgan fingerprint density at radius 2 is 1.94 bits per heavy atom. The Morgan fingerprint density at radius 1 is 1.29 bits per heavy atom. The molecule has 0 aliphatic carbocycles. The highest BCUT2D eigenvalue weighted by Gasteiger charge is 2.21. The summed E-state index contributed by atoms with van der Waals surface area (Å²) in [6.45, 7) is 3.34. The zero-order valence-corrected chi connectivity index (χ0v) is 11.4. The number of likely N-dealkylation sites (tertiary alicyclic amines) is 1. The molecule has 92 valence electrons. The van der Waals surface area contributed by atoms with Gasteiger partial charge < -0.3 is 4.90 Å². The molecule has 0 atom stereocenters. The maximum Gasteiger partial charge on any atom is 0.256 e. The van der Waals surface area contributed by atoms with Crippen LogP contribution >= 0.6 is 15.9 Å². The molecule has 0 bridgehead atoms. The third-order valence-electron chi connectivity index (χ3n) is 3.12. The molecular formula is C13H15BrFNO. The Bertz CT molecular complexity index is 441. The van der Waals surface area contributed by atoms with Crippen LogP contribution in [0.15, 0.2) is 16.6 Å². The van der Waals surface area contributed by atoms with Crippen LogP contribution in [0, 0.1) is 12.7 Å². The summed E-state index contributed by atoms with van der Waals surface area (Å²) in [5.41, 5.74) is 1.07. The molecule has 2 nitrogen and oxygen atoms in total. The molecule has 1 heterocycles. The number of hydrogen-bond acceptors (Lipinski definition) is 1. The molecule has 1 aromatic rings. The normalized spacial score (nSPS) is 16.1. The van der Waals surface area contributed by atoms with Crippen LogP contribution in [0.1, 0.15) is 35.2 Å². The average Bonchev–Trinajstić information content (AvgIpc) is 2.34. The van der Waals surface area contributed by atoms with Crippen LogP contribution in [0.3, 0.4) is 0 Å². The molecule has 1 fully saturated rings. The summed E-state index contributed by atoms with van der Waals surface area (Å²) in [7, 11) is 0. The quantitative estimate of drug-likeness (QED) is 0.777. The molecule has 2 rings (SSSR count). The topological polar surface area (TPSA) is 20.3 Å². The summed E-state index contributed by atoms with van der Waals surface area (Å²) in [5.74, 6) is -0.629. The van der Waals surface area contributed by atoms with Crippen molar-refractivity contribution >= 4 is 21.8 Å². The second-order valence-electron chi connectivity index (χ2n) is 4.43. The molecule has 0 aromatic heterocycles. The molecule has 1 aliphatic rings. The van der Waals surface area contributed by atoms with Gasteiger partial charge in [-0.2, -0.15) is 0 Å². The minimum Gasteiger partial charge on any atom is -0.339 e. The van der Waals surface area contributed by atoms with E-state index in [1.165, 1.54) is 6.07 Å².